The second kappa shape index (κ2) is 6.64. The first-order chi connectivity index (χ1) is 10.3. The van der Waals surface area contributed by atoms with Gasteiger partial charge in [0.1, 0.15) is 12.6 Å². The molecule has 1 aromatic rings. The van der Waals surface area contributed by atoms with Crippen LogP contribution >= 0.6 is 15.9 Å². The van der Waals surface area contributed by atoms with Crippen LogP contribution < -0.4 is 10.1 Å². The molecule has 1 aliphatic rings. The number of hydrogen-bond donors (Lipinski definition) is 1. The van der Waals surface area contributed by atoms with Crippen molar-refractivity contribution in [3.05, 3.63) is 22.8 Å². The predicted molar refractivity (Wildman–Crippen MR) is 85.4 cm³/mol. The summed E-state index contributed by atoms with van der Waals surface area (Å²) >= 11 is 3.36. The van der Waals surface area contributed by atoms with Gasteiger partial charge in [-0.3, -0.25) is 9.59 Å². The van der Waals surface area contributed by atoms with Crippen molar-refractivity contribution < 1.29 is 14.3 Å². The number of aromatic nitrogens is 1. The molecule has 0 aliphatic carbocycles. The number of ether oxygens (including phenoxy) is 1. The van der Waals surface area contributed by atoms with Gasteiger partial charge in [-0.05, 0) is 48.3 Å². The molecule has 2 amide bonds. The molecule has 0 spiro atoms. The van der Waals surface area contributed by atoms with Gasteiger partial charge in [-0.25, -0.2) is 4.98 Å². The Labute approximate surface area is 138 Å². The number of carbonyl (C=O) groups excluding carboxylic acids is 2. The molecule has 7 heteroatoms. The maximum Gasteiger partial charge on any atom is 0.243 e. The number of likely N-dealkylation sites (N-methyl/N-ethyl adjacent to an activating group) is 1. The number of halogens is 1. The lowest BCUT2D eigenvalue weighted by molar-refractivity contribution is -0.134. The van der Waals surface area contributed by atoms with Gasteiger partial charge in [-0.15, -0.1) is 0 Å². The summed E-state index contributed by atoms with van der Waals surface area (Å²) in [5.41, 5.74) is -0.569. The van der Waals surface area contributed by atoms with Crippen LogP contribution in [0.5, 0.6) is 5.88 Å². The van der Waals surface area contributed by atoms with Crippen LogP contribution in [0, 0.1) is 0 Å². The smallest absolute Gasteiger partial charge is 0.243 e. The summed E-state index contributed by atoms with van der Waals surface area (Å²) in [4.78, 5) is 29.4. The lowest BCUT2D eigenvalue weighted by Gasteiger charge is -2.29. The summed E-state index contributed by atoms with van der Waals surface area (Å²) in [6.07, 6.45) is 2.63. The molecular formula is C15H20BrN3O3. The number of amides is 2. The lowest BCUT2D eigenvalue weighted by atomic mass is 10.1. The van der Waals surface area contributed by atoms with Crippen LogP contribution in [0.1, 0.15) is 26.7 Å². The summed E-state index contributed by atoms with van der Waals surface area (Å²) in [6, 6.07) is 3.25. The monoisotopic (exact) mass is 369 g/mol. The molecule has 22 heavy (non-hydrogen) atoms. The van der Waals surface area contributed by atoms with E-state index in [0.29, 0.717) is 18.7 Å². The van der Waals surface area contributed by atoms with Gasteiger partial charge < -0.3 is 15.0 Å². The second-order valence-corrected chi connectivity index (χ2v) is 6.87. The predicted octanol–water partition coefficient (Wildman–Crippen LogP) is 1.74. The zero-order valence-corrected chi connectivity index (χ0v) is 14.5. The van der Waals surface area contributed by atoms with E-state index in [1.54, 1.807) is 19.3 Å². The van der Waals surface area contributed by atoms with Crippen LogP contribution in [0.4, 0.5) is 0 Å². The fourth-order valence-electron chi connectivity index (χ4n) is 2.29. The van der Waals surface area contributed by atoms with E-state index >= 15 is 0 Å². The van der Waals surface area contributed by atoms with Gasteiger partial charge in [-0.1, -0.05) is 0 Å². The van der Waals surface area contributed by atoms with Crippen molar-refractivity contribution in [1.82, 2.24) is 15.2 Å². The highest BCUT2D eigenvalue weighted by Crippen LogP contribution is 2.22. The van der Waals surface area contributed by atoms with Gasteiger partial charge in [0.25, 0.3) is 0 Å². The van der Waals surface area contributed by atoms with E-state index in [1.165, 1.54) is 4.90 Å². The Kier molecular flexibility index (Phi) is 5.05. The Hall–Kier alpha value is -1.63. The van der Waals surface area contributed by atoms with E-state index in [0.717, 1.165) is 4.47 Å². The summed E-state index contributed by atoms with van der Waals surface area (Å²) in [5, 5.41) is 2.94. The fourth-order valence-corrected chi connectivity index (χ4v) is 2.66. The topological polar surface area (TPSA) is 71.5 Å². The number of nitrogens with zero attached hydrogens (tertiary/aromatic N) is 2. The maximum atomic E-state index is 12.3. The first-order valence-electron chi connectivity index (χ1n) is 7.11. The Balaban J connectivity index is 1.92. The molecule has 120 valence electrons. The van der Waals surface area contributed by atoms with Crippen molar-refractivity contribution in [2.24, 2.45) is 0 Å². The van der Waals surface area contributed by atoms with E-state index in [1.807, 2.05) is 19.9 Å². The number of hydrogen-bond acceptors (Lipinski definition) is 4. The van der Waals surface area contributed by atoms with Gasteiger partial charge in [0, 0.05) is 19.7 Å². The first kappa shape index (κ1) is 16.7. The fraction of sp³-hybridized carbons (Fsp3) is 0.533. The molecule has 1 N–H and O–H groups in total. The minimum Gasteiger partial charge on any atom is -0.474 e. The molecule has 0 saturated carbocycles. The molecular weight excluding hydrogens is 350 g/mol. The van der Waals surface area contributed by atoms with Crippen molar-refractivity contribution in [2.45, 2.75) is 38.3 Å². The van der Waals surface area contributed by atoms with Gasteiger partial charge in [0.15, 0.2) is 0 Å². The number of nitrogens with one attached hydrogen (secondary N) is 1. The molecule has 1 aromatic heterocycles. The van der Waals surface area contributed by atoms with E-state index in [4.69, 9.17) is 4.74 Å². The van der Waals surface area contributed by atoms with Crippen molar-refractivity contribution in [2.75, 3.05) is 13.7 Å². The Morgan fingerprint density at radius 1 is 1.59 bits per heavy atom. The van der Waals surface area contributed by atoms with Crippen LogP contribution in [0.25, 0.3) is 0 Å². The van der Waals surface area contributed by atoms with Crippen LogP contribution in [0.3, 0.4) is 0 Å². The normalized spacial score (nSPS) is 18.5. The molecule has 1 aliphatic heterocycles. The van der Waals surface area contributed by atoms with Crippen LogP contribution in [-0.2, 0) is 9.59 Å². The van der Waals surface area contributed by atoms with E-state index in [2.05, 4.69) is 26.2 Å². The Morgan fingerprint density at radius 3 is 2.91 bits per heavy atom. The molecule has 0 bridgehead atoms. The standard InChI is InChI=1S/C15H20BrN3O3/c1-15(2,9-22-14-10(16)5-4-8-17-14)18-13(21)11-6-7-12(20)19(11)3/h4-5,8,11H,6-7,9H2,1-3H3,(H,18,21). The Morgan fingerprint density at radius 2 is 2.32 bits per heavy atom. The summed E-state index contributed by atoms with van der Waals surface area (Å²) in [5.74, 6) is 0.339. The van der Waals surface area contributed by atoms with Gasteiger partial charge in [0.05, 0.1) is 10.0 Å². The highest BCUT2D eigenvalue weighted by molar-refractivity contribution is 9.10. The zero-order valence-electron chi connectivity index (χ0n) is 12.9. The molecule has 6 nitrogen and oxygen atoms in total. The van der Waals surface area contributed by atoms with Crippen LogP contribution in [0.15, 0.2) is 22.8 Å². The molecule has 1 saturated heterocycles. The third kappa shape index (κ3) is 3.97. The van der Waals surface area contributed by atoms with Gasteiger partial charge >= 0.3 is 0 Å². The van der Waals surface area contributed by atoms with Gasteiger partial charge in [0.2, 0.25) is 17.7 Å². The summed E-state index contributed by atoms with van der Waals surface area (Å²) in [7, 11) is 1.66. The zero-order chi connectivity index (χ0) is 16.3. The summed E-state index contributed by atoms with van der Waals surface area (Å²) < 4.78 is 6.42. The number of likely N-dealkylation sites (tertiary alicyclic amines) is 1. The first-order valence-corrected chi connectivity index (χ1v) is 7.90. The number of pyridine rings is 1. The quantitative estimate of drug-likeness (QED) is 0.857. The molecule has 0 aromatic carbocycles. The third-order valence-electron chi connectivity index (χ3n) is 3.55. The molecule has 2 heterocycles. The van der Waals surface area contributed by atoms with Crippen molar-refractivity contribution in [3.8, 4) is 5.88 Å². The molecule has 2 rings (SSSR count). The van der Waals surface area contributed by atoms with E-state index in [9.17, 15) is 9.59 Å². The minimum absolute atomic E-state index is 0.00613. The second-order valence-electron chi connectivity index (χ2n) is 6.01. The van der Waals surface area contributed by atoms with Crippen molar-refractivity contribution in [1.29, 1.82) is 0 Å². The number of rotatable bonds is 5. The minimum atomic E-state index is -0.569. The Bertz CT molecular complexity index is 577. The number of carbonyl (C=O) groups is 2. The average molecular weight is 370 g/mol. The molecule has 1 unspecified atom stereocenters. The van der Waals surface area contributed by atoms with Crippen molar-refractivity contribution >= 4 is 27.7 Å². The lowest BCUT2D eigenvalue weighted by Crippen LogP contribution is -2.53. The SMILES string of the molecule is CN1C(=O)CCC1C(=O)NC(C)(C)COc1ncccc1Br. The van der Waals surface area contributed by atoms with Gasteiger partial charge in [-0.2, -0.15) is 0 Å². The molecule has 1 atom stereocenters. The van der Waals surface area contributed by atoms with Crippen molar-refractivity contribution in [3.63, 3.8) is 0 Å². The average Bonchev–Trinajstić information content (AvgIpc) is 2.78. The third-order valence-corrected chi connectivity index (χ3v) is 4.15. The maximum absolute atomic E-state index is 12.3. The molecule has 1 fully saturated rings. The highest BCUT2D eigenvalue weighted by atomic mass is 79.9. The van der Waals surface area contributed by atoms with E-state index < -0.39 is 11.6 Å². The van der Waals surface area contributed by atoms with E-state index in [-0.39, 0.29) is 18.4 Å². The molecule has 0 radical (unpaired) electrons. The van der Waals surface area contributed by atoms with Crippen LogP contribution in [-0.4, -0.2) is 46.9 Å². The summed E-state index contributed by atoms with van der Waals surface area (Å²) in [6.45, 7) is 4.02. The largest absolute Gasteiger partial charge is 0.474 e. The van der Waals surface area contributed by atoms with Crippen LogP contribution in [0.2, 0.25) is 0 Å². The highest BCUT2D eigenvalue weighted by Gasteiger charge is 2.35.